The third kappa shape index (κ3) is 2.73. The zero-order chi connectivity index (χ0) is 11.9. The van der Waals surface area contributed by atoms with E-state index >= 15 is 0 Å². The Bertz CT molecular complexity index is 461. The molecule has 0 aliphatic carbocycles. The maximum atomic E-state index is 12.2. The highest BCUT2D eigenvalue weighted by atomic mass is 79.9. The molecule has 0 radical (unpaired) electrons. The second-order valence-corrected chi connectivity index (χ2v) is 6.33. The minimum absolute atomic E-state index is 0.250. The first kappa shape index (κ1) is 13.0. The molecule has 0 saturated heterocycles. The van der Waals surface area contributed by atoms with Gasteiger partial charge < -0.3 is 0 Å². The van der Waals surface area contributed by atoms with E-state index in [1.807, 2.05) is 0 Å². The van der Waals surface area contributed by atoms with Crippen LogP contribution in [0.25, 0.3) is 0 Å². The summed E-state index contributed by atoms with van der Waals surface area (Å²) >= 11 is 5.82. The van der Waals surface area contributed by atoms with Crippen LogP contribution < -0.4 is 0 Å². The number of halogens is 5. The van der Waals surface area contributed by atoms with Crippen LogP contribution >= 0.6 is 31.9 Å². The van der Waals surface area contributed by atoms with E-state index in [9.17, 15) is 21.6 Å². The fourth-order valence-corrected chi connectivity index (χ4v) is 3.25. The molecule has 0 N–H and O–H groups in total. The van der Waals surface area contributed by atoms with Gasteiger partial charge in [0.2, 0.25) is 0 Å². The summed E-state index contributed by atoms with van der Waals surface area (Å²) < 4.78 is 59.0. The zero-order valence-corrected chi connectivity index (χ0v) is 10.8. The highest BCUT2D eigenvalue weighted by Crippen LogP contribution is 2.33. The van der Waals surface area contributed by atoms with E-state index in [2.05, 4.69) is 31.9 Å². The molecule has 0 aliphatic rings. The lowest BCUT2D eigenvalue weighted by molar-refractivity contribution is -0.0436. The van der Waals surface area contributed by atoms with Gasteiger partial charge in [-0.15, -0.1) is 0 Å². The molecule has 0 fully saturated rings. The Morgan fingerprint density at radius 3 is 1.73 bits per heavy atom. The van der Waals surface area contributed by atoms with Crippen LogP contribution in [0, 0.1) is 0 Å². The van der Waals surface area contributed by atoms with Crippen LogP contribution in [0.2, 0.25) is 0 Å². The molecule has 1 rings (SSSR count). The molecule has 0 spiro atoms. The van der Waals surface area contributed by atoms with Crippen molar-refractivity contribution in [1.29, 1.82) is 0 Å². The third-order valence-electron chi connectivity index (χ3n) is 1.45. The maximum Gasteiger partial charge on any atom is 0.501 e. The van der Waals surface area contributed by atoms with Crippen LogP contribution in [0.3, 0.4) is 0 Å². The fourth-order valence-electron chi connectivity index (χ4n) is 0.817. The second kappa shape index (κ2) is 4.06. The quantitative estimate of drug-likeness (QED) is 0.761. The number of sulfone groups is 1. The summed E-state index contributed by atoms with van der Waals surface area (Å²) in [6.45, 7) is 0. The van der Waals surface area contributed by atoms with Crippen LogP contribution in [0.1, 0.15) is 0 Å². The molecule has 1 aromatic carbocycles. The van der Waals surface area contributed by atoms with Gasteiger partial charge in [-0.1, -0.05) is 31.9 Å². The first-order valence-electron chi connectivity index (χ1n) is 3.42. The summed E-state index contributed by atoms with van der Waals surface area (Å²) in [5.41, 5.74) is -5.28. The summed E-state index contributed by atoms with van der Waals surface area (Å²) in [7, 11) is -5.28. The van der Waals surface area contributed by atoms with Gasteiger partial charge in [0.05, 0.1) is 4.90 Å². The predicted octanol–water partition coefficient (Wildman–Crippen LogP) is 3.51. The van der Waals surface area contributed by atoms with Gasteiger partial charge in [-0.25, -0.2) is 8.42 Å². The molecule has 0 bridgehead atoms. The van der Waals surface area contributed by atoms with Gasteiger partial charge in [0.25, 0.3) is 9.84 Å². The van der Waals surface area contributed by atoms with E-state index in [1.165, 1.54) is 6.07 Å². The molecule has 0 aliphatic heterocycles. The zero-order valence-electron chi connectivity index (χ0n) is 6.85. The molecule has 0 unspecified atom stereocenters. The molecule has 0 amide bonds. The average molecular weight is 368 g/mol. The molecule has 0 heterocycles. The van der Waals surface area contributed by atoms with E-state index in [0.29, 0.717) is 0 Å². The van der Waals surface area contributed by atoms with Gasteiger partial charge in [-0.05, 0) is 18.2 Å². The van der Waals surface area contributed by atoms with Gasteiger partial charge in [-0.3, -0.25) is 0 Å². The molecule has 2 nitrogen and oxygen atoms in total. The summed E-state index contributed by atoms with van der Waals surface area (Å²) in [6, 6.07) is 3.23. The molecule has 0 atom stereocenters. The lowest BCUT2D eigenvalue weighted by Crippen LogP contribution is -2.23. The molecule has 1 aromatic rings. The largest absolute Gasteiger partial charge is 0.501 e. The summed E-state index contributed by atoms with van der Waals surface area (Å²) in [5.74, 6) is 0. The highest BCUT2D eigenvalue weighted by molar-refractivity contribution is 9.11. The van der Waals surface area contributed by atoms with Crippen molar-refractivity contribution in [3.05, 3.63) is 27.1 Å². The number of benzene rings is 1. The Morgan fingerprint density at radius 1 is 1.00 bits per heavy atom. The van der Waals surface area contributed by atoms with Crippen molar-refractivity contribution in [3.63, 3.8) is 0 Å². The first-order chi connectivity index (χ1) is 6.64. The Labute approximate surface area is 101 Å². The van der Waals surface area contributed by atoms with Crippen molar-refractivity contribution in [3.8, 4) is 0 Å². The monoisotopic (exact) mass is 366 g/mol. The van der Waals surface area contributed by atoms with Gasteiger partial charge in [0.15, 0.2) is 0 Å². The number of alkyl halides is 3. The molecule has 8 heteroatoms. The standard InChI is InChI=1S/C7H3Br2F3O2S/c8-4-1-5(9)3-6(2-4)15(13,14)7(10,11)12/h1-3H. The minimum atomic E-state index is -5.28. The van der Waals surface area contributed by atoms with Crippen LogP contribution in [-0.4, -0.2) is 13.9 Å². The predicted molar refractivity (Wildman–Crippen MR) is 55.1 cm³/mol. The third-order valence-corrected chi connectivity index (χ3v) is 3.83. The Hall–Kier alpha value is -0.0800. The van der Waals surface area contributed by atoms with Crippen LogP contribution in [0.5, 0.6) is 0 Å². The Kier molecular flexibility index (Phi) is 3.52. The van der Waals surface area contributed by atoms with Crippen LogP contribution in [0.4, 0.5) is 13.2 Å². The lowest BCUT2D eigenvalue weighted by Gasteiger charge is -2.08. The van der Waals surface area contributed by atoms with Crippen LogP contribution in [-0.2, 0) is 9.84 Å². The summed E-state index contributed by atoms with van der Waals surface area (Å²) in [4.78, 5) is -0.795. The Morgan fingerprint density at radius 2 is 1.40 bits per heavy atom. The highest BCUT2D eigenvalue weighted by Gasteiger charge is 2.46. The van der Waals surface area contributed by atoms with Gasteiger partial charge in [0, 0.05) is 8.95 Å². The van der Waals surface area contributed by atoms with Crippen molar-refractivity contribution in [2.24, 2.45) is 0 Å². The lowest BCUT2D eigenvalue weighted by atomic mass is 10.4. The Balaban J connectivity index is 3.41. The smallest absolute Gasteiger partial charge is 0.214 e. The van der Waals surface area contributed by atoms with E-state index in [0.717, 1.165) is 12.1 Å². The SMILES string of the molecule is O=S(=O)(c1cc(Br)cc(Br)c1)C(F)(F)F. The molecule has 15 heavy (non-hydrogen) atoms. The second-order valence-electron chi connectivity index (χ2n) is 2.55. The van der Waals surface area contributed by atoms with Gasteiger partial charge in [-0.2, -0.15) is 13.2 Å². The molecule has 0 aromatic heterocycles. The minimum Gasteiger partial charge on any atom is -0.214 e. The maximum absolute atomic E-state index is 12.2. The van der Waals surface area contributed by atoms with Crippen molar-refractivity contribution >= 4 is 41.7 Å². The number of rotatable bonds is 1. The normalized spacial score (nSPS) is 12.9. The molecule has 84 valence electrons. The van der Waals surface area contributed by atoms with Crippen LogP contribution in [0.15, 0.2) is 32.0 Å². The molecular weight excluding hydrogens is 365 g/mol. The molecule has 0 saturated carbocycles. The molecular formula is C7H3Br2F3O2S. The first-order valence-corrected chi connectivity index (χ1v) is 6.49. The summed E-state index contributed by atoms with van der Waals surface area (Å²) in [6.07, 6.45) is 0. The van der Waals surface area contributed by atoms with Crippen molar-refractivity contribution in [1.82, 2.24) is 0 Å². The van der Waals surface area contributed by atoms with Crippen molar-refractivity contribution < 1.29 is 21.6 Å². The average Bonchev–Trinajstić information content (AvgIpc) is 1.99. The van der Waals surface area contributed by atoms with E-state index in [1.54, 1.807) is 0 Å². The fraction of sp³-hybridized carbons (Fsp3) is 0.143. The van der Waals surface area contributed by atoms with Gasteiger partial charge >= 0.3 is 5.51 Å². The van der Waals surface area contributed by atoms with Crippen molar-refractivity contribution in [2.75, 3.05) is 0 Å². The van der Waals surface area contributed by atoms with E-state index in [4.69, 9.17) is 0 Å². The van der Waals surface area contributed by atoms with Crippen molar-refractivity contribution in [2.45, 2.75) is 10.4 Å². The van der Waals surface area contributed by atoms with Gasteiger partial charge in [0.1, 0.15) is 0 Å². The van der Waals surface area contributed by atoms with E-state index < -0.39 is 20.2 Å². The number of hydrogen-bond acceptors (Lipinski definition) is 2. The summed E-state index contributed by atoms with van der Waals surface area (Å²) in [5, 5.41) is 0. The topological polar surface area (TPSA) is 34.1 Å². The van der Waals surface area contributed by atoms with E-state index in [-0.39, 0.29) is 8.95 Å². The number of hydrogen-bond donors (Lipinski definition) is 0.